The number of hydrogen-bond acceptors (Lipinski definition) is 4. The van der Waals surface area contributed by atoms with Crippen molar-refractivity contribution < 1.29 is 9.59 Å². The van der Waals surface area contributed by atoms with Gasteiger partial charge < -0.3 is 9.80 Å². The van der Waals surface area contributed by atoms with Gasteiger partial charge in [0.25, 0.3) is 0 Å². The molecule has 2 fully saturated rings. The maximum absolute atomic E-state index is 14.0. The lowest BCUT2D eigenvalue weighted by Crippen LogP contribution is -2.16. The Morgan fingerprint density at radius 2 is 0.973 bits per heavy atom. The number of allylic oxidation sites excluding steroid dienone is 2. The molecule has 2 bridgehead atoms. The predicted octanol–water partition coefficient (Wildman–Crippen LogP) is 19.4. The van der Waals surface area contributed by atoms with E-state index in [4.69, 9.17) is 0 Å². The summed E-state index contributed by atoms with van der Waals surface area (Å²) in [6, 6.07) is 64.0. The zero-order chi connectivity index (χ0) is 51.9. The quantitative estimate of drug-likeness (QED) is 0.0444. The molecule has 2 aliphatic carbocycles. The lowest BCUT2D eigenvalue weighted by molar-refractivity contribution is 0.103. The molecule has 2 aliphatic rings. The smallest absolute Gasteiger partial charge is 0.193 e. The molecular weight excluding hydrogens is 913 g/mol. The van der Waals surface area contributed by atoms with Crippen molar-refractivity contribution in [1.82, 2.24) is 0 Å². The largest absolute Gasteiger partial charge is 0.309 e. The molecule has 0 spiro atoms. The molecule has 0 aliphatic heterocycles. The van der Waals surface area contributed by atoms with Crippen molar-refractivity contribution in [2.24, 2.45) is 11.8 Å². The van der Waals surface area contributed by atoms with Gasteiger partial charge in [-0.15, -0.1) is 0 Å². The van der Waals surface area contributed by atoms with Crippen LogP contribution in [-0.2, 0) is 0 Å². The van der Waals surface area contributed by atoms with Crippen molar-refractivity contribution in [3.8, 4) is 0 Å². The molecule has 11 rings (SSSR count). The van der Waals surface area contributed by atoms with Crippen LogP contribution in [0.25, 0.3) is 21.5 Å². The Balaban J connectivity index is 1.24. The van der Waals surface area contributed by atoms with Gasteiger partial charge in [0.2, 0.25) is 0 Å². The average molecular weight is 981 g/mol. The highest BCUT2D eigenvalue weighted by Gasteiger charge is 2.40. The zero-order valence-electron chi connectivity index (χ0n) is 44.7. The first-order valence-electron chi connectivity index (χ1n) is 27.3. The number of hydrogen-bond donors (Lipinski definition) is 0. The molecule has 0 heterocycles. The summed E-state index contributed by atoms with van der Waals surface area (Å²) in [6.45, 7) is 15.5. The summed E-state index contributed by atoms with van der Waals surface area (Å²) in [4.78, 5) is 32.9. The normalized spacial score (nSPS) is 16.3. The van der Waals surface area contributed by atoms with Crippen molar-refractivity contribution in [3.63, 3.8) is 0 Å². The number of nitrogens with zero attached hydrogens (tertiary/aromatic N) is 2. The fourth-order valence-electron chi connectivity index (χ4n) is 12.5. The fraction of sp³-hybridized carbons (Fsp3) is 0.239. The average Bonchev–Trinajstić information content (AvgIpc) is 4.10. The van der Waals surface area contributed by atoms with Crippen molar-refractivity contribution >= 4 is 67.2 Å². The number of anilines is 6. The molecule has 0 saturated heterocycles. The van der Waals surface area contributed by atoms with Crippen LogP contribution >= 0.6 is 0 Å². The third kappa shape index (κ3) is 9.64. The van der Waals surface area contributed by atoms with E-state index in [2.05, 4.69) is 161 Å². The van der Waals surface area contributed by atoms with Crippen molar-refractivity contribution in [2.75, 3.05) is 9.80 Å². The van der Waals surface area contributed by atoms with E-state index in [1.807, 2.05) is 84.9 Å². The highest BCUT2D eigenvalue weighted by Crippen LogP contribution is 2.56. The SMILES string of the molecule is CCCC(C=C(C)C)c1ccc2c(N(c3ccc(C(=O)c4ccccc4)cc3)c3ccc(C)c(C)c3)c3cc(C4CC5CCC4C5)ccc3c(N(c3ccc(C(=O)c4ccccc4)cc3)c3ccc(C)c(C)c3)c2c1. The minimum Gasteiger partial charge on any atom is -0.309 e. The Labute approximate surface area is 444 Å². The van der Waals surface area contributed by atoms with Crippen LogP contribution < -0.4 is 9.80 Å². The van der Waals surface area contributed by atoms with Crippen LogP contribution in [0, 0.1) is 39.5 Å². The number of carbonyl (C=O) groups is 2. The van der Waals surface area contributed by atoms with Crippen LogP contribution in [0.3, 0.4) is 0 Å². The van der Waals surface area contributed by atoms with E-state index in [0.717, 1.165) is 69.0 Å². The number of fused-ring (bicyclic) bond motifs is 4. The summed E-state index contributed by atoms with van der Waals surface area (Å²) in [6.07, 6.45) is 9.71. The molecule has 0 N–H and O–H groups in total. The number of rotatable bonds is 15. The summed E-state index contributed by atoms with van der Waals surface area (Å²) < 4.78 is 0. The third-order valence-electron chi connectivity index (χ3n) is 16.6. The second-order valence-corrected chi connectivity index (χ2v) is 21.9. The number of aryl methyl sites for hydroxylation is 4. The first-order chi connectivity index (χ1) is 36.4. The van der Waals surface area contributed by atoms with Crippen LogP contribution in [0.2, 0.25) is 0 Å². The third-order valence-corrected chi connectivity index (χ3v) is 16.6. The van der Waals surface area contributed by atoms with E-state index in [-0.39, 0.29) is 17.5 Å². The molecule has 9 aromatic rings. The molecule has 75 heavy (non-hydrogen) atoms. The lowest BCUT2D eigenvalue weighted by atomic mass is 9.82. The standard InChI is InChI=1S/C71H68N2O2/c1-8-15-55(38-45(2)3)56-28-36-63-66(43-56)68(72(61-30-20-46(4)48(6)39-61)59-32-24-53(25-33-59)70(74)51-16-11-9-12-17-51)64-37-29-58(65-42-50-22-23-57(65)41-50)44-67(64)69(63)73(62-31-21-47(5)49(7)40-62)60-34-26-54(27-35-60)71(75)52-18-13-10-14-19-52/h9-14,16-21,24-40,43-44,50,55,57,65H,8,15,22-23,41-42H2,1-7H3. The van der Waals surface area contributed by atoms with Gasteiger partial charge in [-0.3, -0.25) is 9.59 Å². The van der Waals surface area contributed by atoms with E-state index in [0.29, 0.717) is 34.1 Å². The van der Waals surface area contributed by atoms with Crippen molar-refractivity contribution in [3.05, 3.63) is 249 Å². The minimum atomic E-state index is 0.00283. The van der Waals surface area contributed by atoms with Crippen molar-refractivity contribution in [2.45, 2.75) is 98.8 Å². The molecule has 0 radical (unpaired) electrons. The van der Waals surface area contributed by atoms with Gasteiger partial charge >= 0.3 is 0 Å². The van der Waals surface area contributed by atoms with Crippen molar-refractivity contribution in [1.29, 1.82) is 0 Å². The van der Waals surface area contributed by atoms with Gasteiger partial charge in [-0.05, 0) is 203 Å². The maximum atomic E-state index is 14.0. The molecule has 2 saturated carbocycles. The van der Waals surface area contributed by atoms with Crippen LogP contribution in [0.4, 0.5) is 34.1 Å². The number of benzene rings is 9. The number of carbonyl (C=O) groups excluding carboxylic acids is 2. The van der Waals surface area contributed by atoms with E-state index in [9.17, 15) is 9.59 Å². The van der Waals surface area contributed by atoms with Crippen LogP contribution in [0.1, 0.15) is 136 Å². The van der Waals surface area contributed by atoms with Crippen LogP contribution in [0.5, 0.6) is 0 Å². The molecule has 374 valence electrons. The first-order valence-corrected chi connectivity index (χ1v) is 27.3. The van der Waals surface area contributed by atoms with Gasteiger partial charge in [-0.25, -0.2) is 0 Å². The fourth-order valence-corrected chi connectivity index (χ4v) is 12.5. The highest BCUT2D eigenvalue weighted by molar-refractivity contribution is 6.24. The molecule has 4 unspecified atom stereocenters. The molecule has 9 aromatic carbocycles. The molecule has 4 nitrogen and oxygen atoms in total. The van der Waals surface area contributed by atoms with E-state index in [1.165, 1.54) is 70.0 Å². The Kier molecular flexibility index (Phi) is 13.7. The molecule has 0 amide bonds. The lowest BCUT2D eigenvalue weighted by Gasteiger charge is -2.34. The van der Waals surface area contributed by atoms with Gasteiger partial charge in [-0.1, -0.05) is 128 Å². The Hall–Kier alpha value is -7.82. The topological polar surface area (TPSA) is 40.6 Å². The molecular formula is C71H68N2O2. The minimum absolute atomic E-state index is 0.00283. The van der Waals surface area contributed by atoms with Gasteiger partial charge in [0.05, 0.1) is 11.4 Å². The Morgan fingerprint density at radius 1 is 0.493 bits per heavy atom. The summed E-state index contributed by atoms with van der Waals surface area (Å²) >= 11 is 0. The Bertz CT molecular complexity index is 3630. The second kappa shape index (κ2) is 20.8. The van der Waals surface area contributed by atoms with Gasteiger partial charge in [0, 0.05) is 72.5 Å². The van der Waals surface area contributed by atoms with Crippen LogP contribution in [-0.4, -0.2) is 11.6 Å². The monoisotopic (exact) mass is 981 g/mol. The zero-order valence-corrected chi connectivity index (χ0v) is 44.7. The predicted molar refractivity (Wildman–Crippen MR) is 315 cm³/mol. The van der Waals surface area contributed by atoms with Crippen LogP contribution in [0.15, 0.2) is 194 Å². The summed E-state index contributed by atoms with van der Waals surface area (Å²) in [5.41, 5.74) is 17.8. The van der Waals surface area contributed by atoms with Gasteiger partial charge in [0.1, 0.15) is 0 Å². The maximum Gasteiger partial charge on any atom is 0.193 e. The second-order valence-electron chi connectivity index (χ2n) is 21.9. The molecule has 0 aromatic heterocycles. The highest BCUT2D eigenvalue weighted by atomic mass is 16.1. The molecule has 4 heteroatoms. The first kappa shape index (κ1) is 49.4. The summed E-state index contributed by atoms with van der Waals surface area (Å²) in [5, 5.41) is 4.58. The summed E-state index contributed by atoms with van der Waals surface area (Å²) in [7, 11) is 0. The van der Waals surface area contributed by atoms with Gasteiger partial charge in [0.15, 0.2) is 11.6 Å². The van der Waals surface area contributed by atoms with E-state index >= 15 is 0 Å². The van der Waals surface area contributed by atoms with Gasteiger partial charge in [-0.2, -0.15) is 0 Å². The molecule has 4 atom stereocenters. The van der Waals surface area contributed by atoms with E-state index in [1.54, 1.807) is 0 Å². The Morgan fingerprint density at radius 3 is 1.43 bits per heavy atom. The van der Waals surface area contributed by atoms with E-state index < -0.39 is 0 Å². The number of ketones is 2. The summed E-state index contributed by atoms with van der Waals surface area (Å²) in [5.74, 6) is 2.22.